The molecule has 0 aromatic carbocycles. The predicted molar refractivity (Wildman–Crippen MR) is 65.1 cm³/mol. The second-order valence-corrected chi connectivity index (χ2v) is 5.41. The normalized spacial score (nSPS) is 24.0. The van der Waals surface area contributed by atoms with Crippen molar-refractivity contribution in [1.29, 1.82) is 0 Å². The first kappa shape index (κ1) is 11.0. The maximum atomic E-state index is 4.45. The van der Waals surface area contributed by atoms with Crippen molar-refractivity contribution in [2.45, 2.75) is 30.6 Å². The van der Waals surface area contributed by atoms with E-state index in [9.17, 15) is 0 Å². The molecule has 1 aliphatic heterocycles. The molecule has 0 amide bonds. The van der Waals surface area contributed by atoms with Gasteiger partial charge in [0, 0.05) is 24.7 Å². The fourth-order valence-electron chi connectivity index (χ4n) is 2.19. The Bertz CT molecular complexity index is 305. The van der Waals surface area contributed by atoms with E-state index in [1.54, 1.807) is 0 Å². The van der Waals surface area contributed by atoms with Crippen molar-refractivity contribution in [3.05, 3.63) is 18.2 Å². The van der Waals surface area contributed by atoms with Crippen molar-refractivity contribution < 1.29 is 0 Å². The summed E-state index contributed by atoms with van der Waals surface area (Å²) >= 11 is 2.09. The van der Waals surface area contributed by atoms with Crippen LogP contribution in [0, 0.1) is 0 Å². The third-order valence-corrected chi connectivity index (χ3v) is 4.49. The number of hydrogen-bond acceptors (Lipinski definition) is 3. The first-order valence-corrected chi connectivity index (χ1v) is 6.64. The van der Waals surface area contributed by atoms with Gasteiger partial charge >= 0.3 is 0 Å². The molecule has 84 valence electrons. The van der Waals surface area contributed by atoms with Gasteiger partial charge in [-0.1, -0.05) is 6.42 Å². The zero-order valence-corrected chi connectivity index (χ0v) is 10.3. The Balaban J connectivity index is 2.12. The Morgan fingerprint density at radius 2 is 2.47 bits per heavy atom. The van der Waals surface area contributed by atoms with Crippen molar-refractivity contribution >= 4 is 11.8 Å². The number of rotatable bonds is 3. The molecular formula is C11H19N3S. The molecule has 0 saturated carbocycles. The maximum Gasteiger partial charge on any atom is 0.126 e. The molecule has 2 rings (SSSR count). The summed E-state index contributed by atoms with van der Waals surface area (Å²) in [6, 6.07) is 0.398. The smallest absolute Gasteiger partial charge is 0.126 e. The first-order chi connectivity index (χ1) is 7.33. The topological polar surface area (TPSA) is 29.9 Å². The molecule has 2 atom stereocenters. The van der Waals surface area contributed by atoms with Gasteiger partial charge in [0.25, 0.3) is 0 Å². The van der Waals surface area contributed by atoms with E-state index < -0.39 is 0 Å². The minimum absolute atomic E-state index is 0.398. The Kier molecular flexibility index (Phi) is 3.70. The molecule has 0 bridgehead atoms. The summed E-state index contributed by atoms with van der Waals surface area (Å²) < 4.78 is 2.12. The minimum atomic E-state index is 0.398. The van der Waals surface area contributed by atoms with Crippen LogP contribution in [0.3, 0.4) is 0 Å². The minimum Gasteiger partial charge on any atom is -0.337 e. The molecule has 1 aromatic rings. The first-order valence-electron chi connectivity index (χ1n) is 5.59. The molecule has 3 nitrogen and oxygen atoms in total. The molecule has 15 heavy (non-hydrogen) atoms. The Morgan fingerprint density at radius 1 is 1.60 bits per heavy atom. The number of aromatic nitrogens is 2. The summed E-state index contributed by atoms with van der Waals surface area (Å²) in [6.45, 7) is 0. The lowest BCUT2D eigenvalue weighted by atomic mass is 10.1. The number of hydrogen-bond donors (Lipinski definition) is 1. The van der Waals surface area contributed by atoms with Gasteiger partial charge in [0.05, 0.1) is 6.04 Å². The summed E-state index contributed by atoms with van der Waals surface area (Å²) in [4.78, 5) is 4.45. The lowest BCUT2D eigenvalue weighted by Gasteiger charge is -2.29. The monoisotopic (exact) mass is 225 g/mol. The molecule has 1 fully saturated rings. The van der Waals surface area contributed by atoms with Crippen LogP contribution in [0.2, 0.25) is 0 Å². The largest absolute Gasteiger partial charge is 0.337 e. The molecule has 1 aliphatic rings. The van der Waals surface area contributed by atoms with Gasteiger partial charge in [-0.15, -0.1) is 0 Å². The number of aryl methyl sites for hydroxylation is 1. The molecule has 1 N–H and O–H groups in total. The molecule has 1 saturated heterocycles. The standard InChI is InChI=1S/C11H19N3S/c1-12-10(9-5-3-4-8-15-9)11-13-6-7-14(11)2/h6-7,9-10,12H,3-5,8H2,1-2H3. The number of nitrogens with zero attached hydrogens (tertiary/aromatic N) is 2. The molecule has 0 aliphatic carbocycles. The van der Waals surface area contributed by atoms with Gasteiger partial charge in [-0.3, -0.25) is 0 Å². The van der Waals surface area contributed by atoms with Crippen LogP contribution in [-0.4, -0.2) is 27.6 Å². The Hall–Kier alpha value is -0.480. The van der Waals surface area contributed by atoms with E-state index in [1.165, 1.54) is 25.0 Å². The fraction of sp³-hybridized carbons (Fsp3) is 0.727. The Morgan fingerprint density at radius 3 is 3.00 bits per heavy atom. The summed E-state index contributed by atoms with van der Waals surface area (Å²) in [6.07, 6.45) is 7.95. The van der Waals surface area contributed by atoms with Gasteiger partial charge in [-0.2, -0.15) is 11.8 Å². The average Bonchev–Trinajstić information content (AvgIpc) is 2.68. The van der Waals surface area contributed by atoms with Crippen LogP contribution < -0.4 is 5.32 Å². The van der Waals surface area contributed by atoms with Crippen LogP contribution >= 0.6 is 11.8 Å². The fourth-order valence-corrected chi connectivity index (χ4v) is 3.64. The van der Waals surface area contributed by atoms with E-state index in [0.29, 0.717) is 11.3 Å². The number of nitrogens with one attached hydrogen (secondary N) is 1. The van der Waals surface area contributed by atoms with E-state index >= 15 is 0 Å². The van der Waals surface area contributed by atoms with Crippen molar-refractivity contribution in [3.8, 4) is 0 Å². The van der Waals surface area contributed by atoms with Crippen LogP contribution in [-0.2, 0) is 7.05 Å². The zero-order valence-electron chi connectivity index (χ0n) is 9.44. The highest BCUT2D eigenvalue weighted by atomic mass is 32.2. The summed E-state index contributed by atoms with van der Waals surface area (Å²) in [7, 11) is 4.11. The molecule has 0 radical (unpaired) electrons. The SMILES string of the molecule is CNC(c1nccn1C)C1CCCCS1. The van der Waals surface area contributed by atoms with Gasteiger partial charge < -0.3 is 9.88 Å². The van der Waals surface area contributed by atoms with Gasteiger partial charge in [-0.05, 0) is 25.6 Å². The Labute approximate surface area is 95.7 Å². The van der Waals surface area contributed by atoms with Crippen molar-refractivity contribution in [1.82, 2.24) is 14.9 Å². The maximum absolute atomic E-state index is 4.45. The van der Waals surface area contributed by atoms with E-state index in [-0.39, 0.29) is 0 Å². The molecule has 0 spiro atoms. The third kappa shape index (κ3) is 2.37. The van der Waals surface area contributed by atoms with Crippen LogP contribution in [0.25, 0.3) is 0 Å². The van der Waals surface area contributed by atoms with Gasteiger partial charge in [-0.25, -0.2) is 4.98 Å². The molecule has 2 heterocycles. The van der Waals surface area contributed by atoms with Crippen molar-refractivity contribution in [3.63, 3.8) is 0 Å². The van der Waals surface area contributed by atoms with Crippen LogP contribution in [0.1, 0.15) is 31.1 Å². The van der Waals surface area contributed by atoms with Crippen LogP contribution in [0.15, 0.2) is 12.4 Å². The second-order valence-electron chi connectivity index (χ2n) is 4.07. The van der Waals surface area contributed by atoms with Crippen molar-refractivity contribution in [2.75, 3.05) is 12.8 Å². The highest BCUT2D eigenvalue weighted by Gasteiger charge is 2.26. The molecule has 4 heteroatoms. The van der Waals surface area contributed by atoms with Crippen molar-refractivity contribution in [2.24, 2.45) is 7.05 Å². The predicted octanol–water partition coefficient (Wildman–Crippen LogP) is 1.97. The lowest BCUT2D eigenvalue weighted by molar-refractivity contribution is 0.483. The summed E-state index contributed by atoms with van der Waals surface area (Å²) in [5.41, 5.74) is 0. The van der Waals surface area contributed by atoms with E-state index in [2.05, 4.69) is 33.7 Å². The summed E-state index contributed by atoms with van der Waals surface area (Å²) in [5.74, 6) is 2.46. The quantitative estimate of drug-likeness (QED) is 0.853. The second kappa shape index (κ2) is 5.03. The van der Waals surface area contributed by atoms with Crippen LogP contribution in [0.5, 0.6) is 0 Å². The highest BCUT2D eigenvalue weighted by Crippen LogP contribution is 2.33. The molecule has 1 aromatic heterocycles. The van der Waals surface area contributed by atoms with E-state index in [1.807, 2.05) is 19.4 Å². The third-order valence-electron chi connectivity index (χ3n) is 3.03. The molecule has 2 unspecified atom stereocenters. The highest BCUT2D eigenvalue weighted by molar-refractivity contribution is 8.00. The van der Waals surface area contributed by atoms with Gasteiger partial charge in [0.15, 0.2) is 0 Å². The lowest BCUT2D eigenvalue weighted by Crippen LogP contribution is -2.31. The van der Waals surface area contributed by atoms with Crippen LogP contribution in [0.4, 0.5) is 0 Å². The van der Waals surface area contributed by atoms with E-state index in [4.69, 9.17) is 0 Å². The average molecular weight is 225 g/mol. The van der Waals surface area contributed by atoms with E-state index in [0.717, 1.165) is 5.82 Å². The number of thioether (sulfide) groups is 1. The summed E-state index contributed by atoms with van der Waals surface area (Å²) in [5, 5.41) is 4.10. The zero-order chi connectivity index (χ0) is 10.7. The van der Waals surface area contributed by atoms with Gasteiger partial charge in [0.2, 0.25) is 0 Å². The molecular weight excluding hydrogens is 206 g/mol. The van der Waals surface area contributed by atoms with Gasteiger partial charge in [0.1, 0.15) is 5.82 Å². The number of imidazole rings is 1.